The smallest absolute Gasteiger partial charge is 0.306 e. The molecule has 1 rings (SSSR count). The minimum absolute atomic E-state index is 0.00822. The van der Waals surface area contributed by atoms with Crippen LogP contribution in [0.1, 0.15) is 194 Å². The van der Waals surface area contributed by atoms with Gasteiger partial charge in [0.1, 0.15) is 43.2 Å². The van der Waals surface area contributed by atoms with Gasteiger partial charge in [0.05, 0.1) is 19.3 Å². The molecular weight excluding hydrogens is 843 g/mol. The van der Waals surface area contributed by atoms with Crippen LogP contribution in [-0.2, 0) is 35.2 Å². The quantitative estimate of drug-likeness (QED) is 0.0260. The van der Waals surface area contributed by atoms with E-state index in [1.165, 1.54) is 95.0 Å². The van der Waals surface area contributed by atoms with Crippen LogP contribution in [-0.4, -0.2) is 126 Å². The van der Waals surface area contributed by atoms with Crippen LogP contribution in [0.5, 0.6) is 0 Å². The van der Waals surface area contributed by atoms with Gasteiger partial charge in [0, 0.05) is 30.8 Å². The summed E-state index contributed by atoms with van der Waals surface area (Å²) in [6.45, 7) is 5.26. The lowest BCUT2D eigenvalue weighted by Crippen LogP contribution is -2.47. The predicted molar refractivity (Wildman–Crippen MR) is 252 cm³/mol. The molecule has 6 atom stereocenters. The molecule has 7 N–H and O–H groups in total. The van der Waals surface area contributed by atoms with Crippen LogP contribution in [0.15, 0.2) is 6.20 Å². The molecule has 1 heterocycles. The lowest BCUT2D eigenvalue weighted by Gasteiger charge is -2.25. The van der Waals surface area contributed by atoms with Crippen molar-refractivity contribution in [3.63, 3.8) is 0 Å². The summed E-state index contributed by atoms with van der Waals surface area (Å²) in [6.07, 6.45) is 20.4. The van der Waals surface area contributed by atoms with Crippen molar-refractivity contribution in [2.45, 2.75) is 237 Å². The molecule has 1 aromatic rings. The molecule has 17 heteroatoms. The maximum atomic E-state index is 13.7. The van der Waals surface area contributed by atoms with Gasteiger partial charge < -0.3 is 45.6 Å². The van der Waals surface area contributed by atoms with Crippen molar-refractivity contribution in [1.29, 1.82) is 0 Å². The monoisotopic (exact) mass is 930 g/mol. The number of unbranched alkanes of at least 4 members (excludes halogenated alkanes) is 21. The fraction of sp³-hybridized carbons (Fsp3) is 0.872. The molecule has 0 bridgehead atoms. The van der Waals surface area contributed by atoms with Crippen LogP contribution in [0.3, 0.4) is 0 Å². The predicted octanol–water partition coefficient (Wildman–Crippen LogP) is 6.92. The topological polar surface area (TPSA) is 243 Å². The maximum absolute atomic E-state index is 13.7. The summed E-state index contributed by atoms with van der Waals surface area (Å²) in [7, 11) is 0. The van der Waals surface area contributed by atoms with Gasteiger partial charge in [-0.25, -0.2) is 4.68 Å². The lowest BCUT2D eigenvalue weighted by atomic mass is 10.0. The molecule has 0 spiro atoms. The van der Waals surface area contributed by atoms with Crippen LogP contribution in [0.4, 0.5) is 5.82 Å². The number of hydrogen-bond acceptors (Lipinski definition) is 14. The average molecular weight is 930 g/mol. The Hall–Kier alpha value is -2.83. The summed E-state index contributed by atoms with van der Waals surface area (Å²) >= 11 is 1.27. The second-order valence-electron chi connectivity index (χ2n) is 17.2. The van der Waals surface area contributed by atoms with Crippen molar-refractivity contribution in [3.8, 4) is 0 Å². The van der Waals surface area contributed by atoms with E-state index in [4.69, 9.17) is 14.6 Å². The lowest BCUT2D eigenvalue weighted by molar-refractivity contribution is -0.157. The number of aliphatic hydroxyl groups excluding tert-OH is 5. The van der Waals surface area contributed by atoms with Crippen molar-refractivity contribution >= 4 is 41.3 Å². The Labute approximate surface area is 388 Å². The van der Waals surface area contributed by atoms with E-state index in [-0.39, 0.29) is 67.6 Å². The Balaban J connectivity index is 2.95. The molecule has 0 aliphatic rings. The summed E-state index contributed by atoms with van der Waals surface area (Å²) in [4.78, 5) is 52.5. The number of anilines is 1. The third-order valence-electron chi connectivity index (χ3n) is 11.2. The molecule has 1 aromatic heterocycles. The van der Waals surface area contributed by atoms with Crippen molar-refractivity contribution in [3.05, 3.63) is 6.20 Å². The van der Waals surface area contributed by atoms with Crippen molar-refractivity contribution in [1.82, 2.24) is 20.3 Å². The molecule has 0 saturated carbocycles. The van der Waals surface area contributed by atoms with Gasteiger partial charge >= 0.3 is 11.9 Å². The summed E-state index contributed by atoms with van der Waals surface area (Å²) in [5.74, 6) is -1.31. The number of nitrogens with one attached hydrogen (secondary N) is 2. The Morgan fingerprint density at radius 2 is 1.11 bits per heavy atom. The van der Waals surface area contributed by atoms with Gasteiger partial charge in [0.2, 0.25) is 11.8 Å². The van der Waals surface area contributed by atoms with Crippen molar-refractivity contribution < 1.29 is 54.2 Å². The minimum Gasteiger partial charge on any atom is -0.462 e. The zero-order valence-corrected chi connectivity index (χ0v) is 40.4. The Kier molecular flexibility index (Phi) is 36.4. The van der Waals surface area contributed by atoms with Gasteiger partial charge in [-0.15, -0.1) is 5.10 Å². The highest BCUT2D eigenvalue weighted by Crippen LogP contribution is 2.17. The van der Waals surface area contributed by atoms with Crippen LogP contribution < -0.4 is 10.6 Å². The van der Waals surface area contributed by atoms with Crippen LogP contribution in [0, 0.1) is 0 Å². The molecule has 0 saturated heterocycles. The molecule has 0 aliphatic heterocycles. The molecule has 2 amide bonds. The second-order valence-corrected chi connectivity index (χ2v) is 18.3. The number of ether oxygens (including phenoxy) is 2. The third kappa shape index (κ3) is 30.4. The van der Waals surface area contributed by atoms with Crippen molar-refractivity contribution in [2.75, 3.05) is 30.0 Å². The molecule has 0 fully saturated rings. The summed E-state index contributed by atoms with van der Waals surface area (Å²) in [5.41, 5.74) is 0. The number of carbonyl (C=O) groups excluding carboxylic acids is 4. The summed E-state index contributed by atoms with van der Waals surface area (Å²) < 4.78 is 12.6. The van der Waals surface area contributed by atoms with Crippen LogP contribution in [0.25, 0.3) is 0 Å². The van der Waals surface area contributed by atoms with E-state index >= 15 is 0 Å². The molecule has 64 heavy (non-hydrogen) atoms. The normalized spacial score (nSPS) is 14.3. The van der Waals surface area contributed by atoms with Gasteiger partial charge in [-0.3, -0.25) is 19.2 Å². The Morgan fingerprint density at radius 1 is 0.641 bits per heavy atom. The first-order chi connectivity index (χ1) is 30.9. The van der Waals surface area contributed by atoms with Gasteiger partial charge in [-0.05, 0) is 19.3 Å². The zero-order valence-electron chi connectivity index (χ0n) is 39.6. The van der Waals surface area contributed by atoms with E-state index in [9.17, 15) is 39.6 Å². The number of amides is 2. The fourth-order valence-electron chi connectivity index (χ4n) is 7.13. The number of thioether (sulfide) groups is 1. The Bertz CT molecular complexity index is 1340. The number of carbonyl (C=O) groups is 4. The molecule has 0 radical (unpaired) electrons. The van der Waals surface area contributed by atoms with Gasteiger partial charge in [0.15, 0.2) is 5.82 Å². The van der Waals surface area contributed by atoms with E-state index < -0.39 is 49.1 Å². The minimum atomic E-state index is -1.82. The first-order valence-electron chi connectivity index (χ1n) is 24.7. The summed E-state index contributed by atoms with van der Waals surface area (Å²) in [5, 5.41) is 62.5. The summed E-state index contributed by atoms with van der Waals surface area (Å²) in [6, 6.07) is -1.03. The number of hydrogen-bond donors (Lipinski definition) is 7. The fourth-order valence-corrected chi connectivity index (χ4v) is 8.17. The number of esters is 2. The van der Waals surface area contributed by atoms with Gasteiger partial charge in [0.25, 0.3) is 0 Å². The standard InChI is InChI=1S/C47H87N5O11S/c1-4-7-10-13-16-19-22-25-28-42(56)48-38(47(61)49-41-32-52(51-50-41)31-39(54)45(59)46(60)40(55)33-53)36-64-35-37(63-44(58)30-27-24-21-18-15-12-9-6-3)34-62-43(57)29-26-23-20-17-14-11-8-5-2/h32,37-40,45-46,53-55,59-60H,4-31,33-36H2,1-3H3,(H,48,56)(H,49,61)/t37-,38-,39+,40-,45+,46-/m1/s1. The SMILES string of the molecule is CCCCCCCCCCC(=O)N[C@H](CSC[C@@H](COC(=O)CCCCCCCCCC)OC(=O)CCCCCCCCCC)C(=O)Nc1cn(C[C@H](O)[C@H](O)[C@H](O)[C@H](O)CO)nn1. The number of nitrogens with zero attached hydrogens (tertiary/aromatic N) is 3. The van der Waals surface area contributed by atoms with Gasteiger partial charge in [-0.2, -0.15) is 11.8 Å². The number of aromatic nitrogens is 3. The van der Waals surface area contributed by atoms with E-state index in [1.807, 2.05) is 0 Å². The molecular formula is C47H87N5O11S. The number of aliphatic hydroxyl groups is 5. The molecule has 0 aliphatic carbocycles. The first-order valence-corrected chi connectivity index (χ1v) is 25.9. The van der Waals surface area contributed by atoms with Crippen LogP contribution in [0.2, 0.25) is 0 Å². The average Bonchev–Trinajstić information content (AvgIpc) is 3.72. The first kappa shape index (κ1) is 59.2. The molecule has 0 aromatic carbocycles. The molecule has 0 unspecified atom stereocenters. The van der Waals surface area contributed by atoms with Crippen LogP contribution >= 0.6 is 11.8 Å². The van der Waals surface area contributed by atoms with E-state index in [0.717, 1.165) is 68.9 Å². The van der Waals surface area contributed by atoms with Gasteiger partial charge in [-0.1, -0.05) is 161 Å². The number of rotatable bonds is 43. The highest BCUT2D eigenvalue weighted by atomic mass is 32.2. The maximum Gasteiger partial charge on any atom is 0.306 e. The molecule has 372 valence electrons. The highest BCUT2D eigenvalue weighted by molar-refractivity contribution is 7.99. The van der Waals surface area contributed by atoms with E-state index in [2.05, 4.69) is 41.7 Å². The van der Waals surface area contributed by atoms with E-state index in [0.29, 0.717) is 12.8 Å². The second kappa shape index (κ2) is 39.3. The Morgan fingerprint density at radius 3 is 1.62 bits per heavy atom. The third-order valence-corrected chi connectivity index (χ3v) is 12.4. The largest absolute Gasteiger partial charge is 0.462 e. The zero-order chi connectivity index (χ0) is 47.2. The van der Waals surface area contributed by atoms with Crippen molar-refractivity contribution in [2.24, 2.45) is 0 Å². The molecule has 16 nitrogen and oxygen atoms in total. The highest BCUT2D eigenvalue weighted by Gasteiger charge is 2.31. The van der Waals surface area contributed by atoms with E-state index in [1.54, 1.807) is 0 Å².